The Morgan fingerprint density at radius 2 is 2.11 bits per heavy atom. The zero-order valence-electron chi connectivity index (χ0n) is 11.2. The average Bonchev–Trinajstić information content (AvgIpc) is 2.75. The monoisotopic (exact) mass is 309 g/mol. The highest BCUT2D eigenvalue weighted by molar-refractivity contribution is 9.10. The summed E-state index contributed by atoms with van der Waals surface area (Å²) in [6.45, 7) is 7.31. The van der Waals surface area contributed by atoms with Gasteiger partial charge in [-0.15, -0.1) is 0 Å². The predicted molar refractivity (Wildman–Crippen MR) is 77.8 cm³/mol. The molecule has 0 aliphatic carbocycles. The lowest BCUT2D eigenvalue weighted by Gasteiger charge is -2.28. The van der Waals surface area contributed by atoms with Crippen LogP contribution in [0, 0.1) is 12.8 Å². The van der Waals surface area contributed by atoms with Gasteiger partial charge in [0.15, 0.2) is 0 Å². The normalized spacial score (nSPS) is 19.6. The number of aryl methyl sites for hydroxylation is 1. The molecule has 1 amide bonds. The van der Waals surface area contributed by atoms with Gasteiger partial charge < -0.3 is 4.90 Å². The Kier molecular flexibility index (Phi) is 4.10. The van der Waals surface area contributed by atoms with Crippen LogP contribution in [0.3, 0.4) is 0 Å². The van der Waals surface area contributed by atoms with Crippen molar-refractivity contribution in [1.29, 1.82) is 0 Å². The van der Waals surface area contributed by atoms with Crippen LogP contribution < -0.4 is 0 Å². The van der Waals surface area contributed by atoms with Crippen molar-refractivity contribution in [3.63, 3.8) is 0 Å². The molecule has 1 aromatic rings. The third-order valence-corrected chi connectivity index (χ3v) is 4.08. The summed E-state index contributed by atoms with van der Waals surface area (Å²) in [6, 6.07) is 6.32. The van der Waals surface area contributed by atoms with Crippen molar-refractivity contribution in [3.8, 4) is 0 Å². The average molecular weight is 310 g/mol. The Balaban J connectivity index is 2.25. The lowest BCUT2D eigenvalue weighted by atomic mass is 10.0. The number of benzene rings is 1. The van der Waals surface area contributed by atoms with E-state index in [0.717, 1.165) is 35.0 Å². The molecule has 0 saturated carbocycles. The fraction of sp³-hybridized carbons (Fsp3) is 0.533. The molecule has 0 aromatic heterocycles. The smallest absolute Gasteiger partial charge is 0.254 e. The number of amides is 1. The molecule has 0 N–H and O–H groups in total. The van der Waals surface area contributed by atoms with Gasteiger partial charge >= 0.3 is 0 Å². The SMILES string of the molecule is Cc1cc(Br)cc(C(=O)N2CCCC2C(C)C)c1. The number of carbonyl (C=O) groups excluding carboxylic acids is 1. The molecule has 1 aliphatic heterocycles. The summed E-state index contributed by atoms with van der Waals surface area (Å²) < 4.78 is 0.978. The molecule has 18 heavy (non-hydrogen) atoms. The first kappa shape index (κ1) is 13.6. The number of rotatable bonds is 2. The quantitative estimate of drug-likeness (QED) is 0.808. The Hall–Kier alpha value is -0.830. The summed E-state index contributed by atoms with van der Waals surface area (Å²) in [5.74, 6) is 0.709. The van der Waals surface area contributed by atoms with E-state index >= 15 is 0 Å². The van der Waals surface area contributed by atoms with E-state index in [-0.39, 0.29) is 5.91 Å². The van der Waals surface area contributed by atoms with Gasteiger partial charge in [-0.3, -0.25) is 4.79 Å². The number of hydrogen-bond acceptors (Lipinski definition) is 1. The summed E-state index contributed by atoms with van der Waals surface area (Å²) >= 11 is 3.46. The van der Waals surface area contributed by atoms with Crippen LogP contribution >= 0.6 is 15.9 Å². The van der Waals surface area contributed by atoms with Crippen LogP contribution in [-0.2, 0) is 0 Å². The molecule has 3 heteroatoms. The van der Waals surface area contributed by atoms with Gasteiger partial charge in [-0.1, -0.05) is 29.8 Å². The summed E-state index contributed by atoms with van der Waals surface area (Å²) in [5, 5.41) is 0. The fourth-order valence-corrected chi connectivity index (χ4v) is 3.37. The van der Waals surface area contributed by atoms with E-state index < -0.39 is 0 Å². The molecule has 1 aliphatic rings. The molecule has 1 aromatic carbocycles. The van der Waals surface area contributed by atoms with Crippen molar-refractivity contribution in [1.82, 2.24) is 4.90 Å². The Labute approximate surface area is 117 Å². The molecule has 0 radical (unpaired) electrons. The minimum atomic E-state index is 0.176. The minimum absolute atomic E-state index is 0.176. The van der Waals surface area contributed by atoms with Crippen LogP contribution in [-0.4, -0.2) is 23.4 Å². The molecular formula is C15H20BrNO. The maximum atomic E-state index is 12.6. The van der Waals surface area contributed by atoms with Crippen LogP contribution in [0.15, 0.2) is 22.7 Å². The van der Waals surface area contributed by atoms with E-state index in [2.05, 4.69) is 29.8 Å². The van der Waals surface area contributed by atoms with Crippen molar-refractivity contribution in [2.24, 2.45) is 5.92 Å². The summed E-state index contributed by atoms with van der Waals surface area (Å²) in [5.41, 5.74) is 1.92. The van der Waals surface area contributed by atoms with Gasteiger partial charge in [0.2, 0.25) is 0 Å². The van der Waals surface area contributed by atoms with E-state index in [4.69, 9.17) is 0 Å². The van der Waals surface area contributed by atoms with Crippen molar-refractivity contribution in [3.05, 3.63) is 33.8 Å². The van der Waals surface area contributed by atoms with Crippen LogP contribution in [0.4, 0.5) is 0 Å². The molecule has 98 valence electrons. The molecule has 0 bridgehead atoms. The lowest BCUT2D eigenvalue weighted by Crippen LogP contribution is -2.38. The van der Waals surface area contributed by atoms with Crippen LogP contribution in [0.25, 0.3) is 0 Å². The maximum Gasteiger partial charge on any atom is 0.254 e. The summed E-state index contributed by atoms with van der Waals surface area (Å²) in [7, 11) is 0. The standard InChI is InChI=1S/C15H20BrNO/c1-10(2)14-5-4-6-17(14)15(18)12-7-11(3)8-13(16)9-12/h7-10,14H,4-6H2,1-3H3. The van der Waals surface area contributed by atoms with Gasteiger partial charge in [-0.25, -0.2) is 0 Å². The molecule has 1 unspecified atom stereocenters. The first-order chi connectivity index (χ1) is 8.49. The second kappa shape index (κ2) is 5.43. The van der Waals surface area contributed by atoms with Gasteiger partial charge in [-0.05, 0) is 49.4 Å². The number of hydrogen-bond donors (Lipinski definition) is 0. The third-order valence-electron chi connectivity index (χ3n) is 3.62. The molecule has 1 atom stereocenters. The van der Waals surface area contributed by atoms with E-state index in [1.54, 1.807) is 0 Å². The van der Waals surface area contributed by atoms with E-state index in [1.807, 2.05) is 30.0 Å². The molecule has 2 rings (SSSR count). The number of likely N-dealkylation sites (tertiary alicyclic amines) is 1. The Bertz CT molecular complexity index is 436. The van der Waals surface area contributed by atoms with Crippen molar-refractivity contribution < 1.29 is 4.79 Å². The molecule has 2 nitrogen and oxygen atoms in total. The van der Waals surface area contributed by atoms with Gasteiger partial charge in [0.05, 0.1) is 0 Å². The van der Waals surface area contributed by atoms with Gasteiger partial charge in [0.1, 0.15) is 0 Å². The molecule has 1 saturated heterocycles. The highest BCUT2D eigenvalue weighted by Gasteiger charge is 2.31. The first-order valence-electron chi connectivity index (χ1n) is 6.57. The van der Waals surface area contributed by atoms with Gasteiger partial charge in [0.25, 0.3) is 5.91 Å². The van der Waals surface area contributed by atoms with E-state index in [0.29, 0.717) is 12.0 Å². The van der Waals surface area contributed by atoms with Gasteiger partial charge in [0, 0.05) is 22.6 Å². The van der Waals surface area contributed by atoms with Crippen molar-refractivity contribution in [2.75, 3.05) is 6.54 Å². The minimum Gasteiger partial charge on any atom is -0.335 e. The highest BCUT2D eigenvalue weighted by Crippen LogP contribution is 2.26. The van der Waals surface area contributed by atoms with Crippen molar-refractivity contribution in [2.45, 2.75) is 39.7 Å². The molecule has 0 spiro atoms. The Morgan fingerprint density at radius 1 is 1.39 bits per heavy atom. The van der Waals surface area contributed by atoms with Crippen molar-refractivity contribution >= 4 is 21.8 Å². The number of nitrogens with zero attached hydrogens (tertiary/aromatic N) is 1. The first-order valence-corrected chi connectivity index (χ1v) is 7.36. The number of halogens is 1. The predicted octanol–water partition coefficient (Wildman–Crippen LogP) is 4.02. The maximum absolute atomic E-state index is 12.6. The largest absolute Gasteiger partial charge is 0.335 e. The highest BCUT2D eigenvalue weighted by atomic mass is 79.9. The zero-order chi connectivity index (χ0) is 13.3. The molecule has 1 fully saturated rings. The van der Waals surface area contributed by atoms with Crippen LogP contribution in [0.2, 0.25) is 0 Å². The second-order valence-corrected chi connectivity index (χ2v) is 6.39. The second-order valence-electron chi connectivity index (χ2n) is 5.47. The number of carbonyl (C=O) groups is 1. The summed E-state index contributed by atoms with van der Waals surface area (Å²) in [4.78, 5) is 14.6. The van der Waals surface area contributed by atoms with E-state index in [9.17, 15) is 4.79 Å². The van der Waals surface area contributed by atoms with Crippen LogP contribution in [0.1, 0.15) is 42.6 Å². The zero-order valence-corrected chi connectivity index (χ0v) is 12.8. The van der Waals surface area contributed by atoms with Crippen LogP contribution in [0.5, 0.6) is 0 Å². The fourth-order valence-electron chi connectivity index (χ4n) is 2.76. The van der Waals surface area contributed by atoms with Gasteiger partial charge in [-0.2, -0.15) is 0 Å². The third kappa shape index (κ3) is 2.77. The lowest BCUT2D eigenvalue weighted by molar-refractivity contribution is 0.0701. The molecular weight excluding hydrogens is 290 g/mol. The van der Waals surface area contributed by atoms with E-state index in [1.165, 1.54) is 0 Å². The Morgan fingerprint density at radius 3 is 2.72 bits per heavy atom. The summed E-state index contributed by atoms with van der Waals surface area (Å²) in [6.07, 6.45) is 2.26. The molecule has 1 heterocycles. The topological polar surface area (TPSA) is 20.3 Å².